The van der Waals surface area contributed by atoms with E-state index in [1.165, 1.54) is 9.71 Å². The lowest BCUT2D eigenvalue weighted by Crippen LogP contribution is -2.39. The Bertz CT molecular complexity index is 855. The minimum atomic E-state index is -0.0572. The molecule has 1 unspecified atom stereocenters. The minimum absolute atomic E-state index is 0.0572. The maximum absolute atomic E-state index is 12.2. The number of carbonyl (C=O) groups excluding carboxylic acids is 1. The second-order valence-corrected chi connectivity index (χ2v) is 7.53. The third-order valence-electron chi connectivity index (χ3n) is 4.43. The van der Waals surface area contributed by atoms with Crippen LogP contribution in [0, 0.1) is 6.92 Å². The molecule has 1 aromatic carbocycles. The van der Waals surface area contributed by atoms with Crippen LogP contribution < -0.4 is 5.32 Å². The van der Waals surface area contributed by atoms with Gasteiger partial charge in [0.25, 0.3) is 0 Å². The van der Waals surface area contributed by atoms with E-state index >= 15 is 0 Å². The number of fused-ring (bicyclic) bond motifs is 1. The molecule has 4 rings (SSSR count). The van der Waals surface area contributed by atoms with Crippen LogP contribution >= 0.6 is 11.3 Å². The smallest absolute Gasteiger partial charge is 0.239 e. The predicted molar refractivity (Wildman–Crippen MR) is 97.9 cm³/mol. The van der Waals surface area contributed by atoms with Gasteiger partial charge in [0.15, 0.2) is 5.82 Å². The first-order valence-electron chi connectivity index (χ1n) is 8.48. The Hall–Kier alpha value is -2.25. The number of carbonyl (C=O) groups is 1. The maximum Gasteiger partial charge on any atom is 0.239 e. The number of thiazole rings is 1. The molecule has 0 bridgehead atoms. The van der Waals surface area contributed by atoms with E-state index in [-0.39, 0.29) is 5.91 Å². The van der Waals surface area contributed by atoms with Gasteiger partial charge in [-0.1, -0.05) is 17.3 Å². The van der Waals surface area contributed by atoms with E-state index in [2.05, 4.69) is 27.5 Å². The molecule has 0 spiro atoms. The van der Waals surface area contributed by atoms with E-state index in [4.69, 9.17) is 9.51 Å². The lowest BCUT2D eigenvalue weighted by atomic mass is 9.99. The number of aryl methyl sites for hydroxylation is 1. The molecule has 130 valence electrons. The number of hydrogen-bond acceptors (Lipinski definition) is 6. The number of benzene rings is 1. The first kappa shape index (κ1) is 16.2. The molecule has 3 aromatic rings. The van der Waals surface area contributed by atoms with Crippen LogP contribution in [-0.4, -0.2) is 40.6 Å². The van der Waals surface area contributed by atoms with Gasteiger partial charge in [0.2, 0.25) is 5.91 Å². The molecule has 0 aliphatic carbocycles. The highest BCUT2D eigenvalue weighted by molar-refractivity contribution is 7.18. The van der Waals surface area contributed by atoms with Gasteiger partial charge in [-0.25, -0.2) is 4.98 Å². The van der Waals surface area contributed by atoms with Gasteiger partial charge in [-0.2, -0.15) is 0 Å². The zero-order valence-electron chi connectivity index (χ0n) is 14.1. The van der Waals surface area contributed by atoms with Crippen molar-refractivity contribution in [3.63, 3.8) is 0 Å². The standard InChI is InChI=1S/C18H20N4O2S/c1-12-9-16(21-24-12)20-17(23)11-22-8-4-5-13(10-22)18-19-14-6-2-3-7-15(14)25-18/h2-3,6-7,9,13H,4-5,8,10-11H2,1H3,(H,20,21,23). The summed E-state index contributed by atoms with van der Waals surface area (Å²) < 4.78 is 6.20. The molecule has 0 radical (unpaired) electrons. The summed E-state index contributed by atoms with van der Waals surface area (Å²) in [7, 11) is 0. The fraction of sp³-hybridized carbons (Fsp3) is 0.389. The lowest BCUT2D eigenvalue weighted by molar-refractivity contribution is -0.117. The van der Waals surface area contributed by atoms with Crippen LogP contribution in [-0.2, 0) is 4.79 Å². The van der Waals surface area contributed by atoms with Crippen LogP contribution in [0.25, 0.3) is 10.2 Å². The van der Waals surface area contributed by atoms with Crippen molar-refractivity contribution in [1.29, 1.82) is 0 Å². The Morgan fingerprint density at radius 2 is 2.32 bits per heavy atom. The number of hydrogen-bond donors (Lipinski definition) is 1. The average Bonchev–Trinajstić information content (AvgIpc) is 3.21. The largest absolute Gasteiger partial charge is 0.360 e. The van der Waals surface area contributed by atoms with Crippen LogP contribution in [0.15, 0.2) is 34.9 Å². The minimum Gasteiger partial charge on any atom is -0.360 e. The van der Waals surface area contributed by atoms with Gasteiger partial charge < -0.3 is 9.84 Å². The zero-order chi connectivity index (χ0) is 17.2. The van der Waals surface area contributed by atoms with Crippen molar-refractivity contribution < 1.29 is 9.32 Å². The van der Waals surface area contributed by atoms with Crippen molar-refractivity contribution >= 4 is 33.3 Å². The molecule has 7 heteroatoms. The summed E-state index contributed by atoms with van der Waals surface area (Å²) in [5.74, 6) is 1.50. The lowest BCUT2D eigenvalue weighted by Gasteiger charge is -2.31. The second kappa shape index (κ2) is 6.93. The monoisotopic (exact) mass is 356 g/mol. The van der Waals surface area contributed by atoms with Crippen LogP contribution in [0.4, 0.5) is 5.82 Å². The van der Waals surface area contributed by atoms with Gasteiger partial charge in [0.05, 0.1) is 21.8 Å². The molecule has 1 fully saturated rings. The Balaban J connectivity index is 1.39. The van der Waals surface area contributed by atoms with Gasteiger partial charge in [0, 0.05) is 18.5 Å². The van der Waals surface area contributed by atoms with E-state index < -0.39 is 0 Å². The Labute approximate surface area is 149 Å². The van der Waals surface area contributed by atoms with Gasteiger partial charge in [0.1, 0.15) is 5.76 Å². The molecular formula is C18H20N4O2S. The second-order valence-electron chi connectivity index (χ2n) is 6.47. The number of anilines is 1. The van der Waals surface area contributed by atoms with Crippen LogP contribution in [0.3, 0.4) is 0 Å². The highest BCUT2D eigenvalue weighted by Crippen LogP contribution is 2.32. The quantitative estimate of drug-likeness (QED) is 0.776. The summed E-state index contributed by atoms with van der Waals surface area (Å²) in [4.78, 5) is 19.2. The fourth-order valence-corrected chi connectivity index (χ4v) is 4.37. The summed E-state index contributed by atoms with van der Waals surface area (Å²) in [5.41, 5.74) is 1.07. The average molecular weight is 356 g/mol. The van der Waals surface area contributed by atoms with E-state index in [0.717, 1.165) is 31.4 Å². The van der Waals surface area contributed by atoms with E-state index in [1.54, 1.807) is 24.3 Å². The summed E-state index contributed by atoms with van der Waals surface area (Å²) in [6, 6.07) is 9.97. The van der Waals surface area contributed by atoms with Gasteiger partial charge in [-0.15, -0.1) is 11.3 Å². The molecule has 1 aliphatic rings. The predicted octanol–water partition coefficient (Wildman–Crippen LogP) is 3.41. The van der Waals surface area contributed by atoms with Crippen molar-refractivity contribution in [3.05, 3.63) is 41.1 Å². The van der Waals surface area contributed by atoms with Crippen LogP contribution in [0.2, 0.25) is 0 Å². The van der Waals surface area contributed by atoms with Crippen molar-refractivity contribution in [2.24, 2.45) is 0 Å². The molecule has 25 heavy (non-hydrogen) atoms. The van der Waals surface area contributed by atoms with E-state index in [9.17, 15) is 4.79 Å². The number of likely N-dealkylation sites (tertiary alicyclic amines) is 1. The van der Waals surface area contributed by atoms with Gasteiger partial charge >= 0.3 is 0 Å². The molecule has 1 amide bonds. The highest BCUT2D eigenvalue weighted by atomic mass is 32.1. The SMILES string of the molecule is Cc1cc(NC(=O)CN2CCCC(c3nc4ccccc4s3)C2)no1. The Morgan fingerprint density at radius 1 is 1.44 bits per heavy atom. The molecule has 1 N–H and O–H groups in total. The van der Waals surface area contributed by atoms with Gasteiger partial charge in [-0.3, -0.25) is 9.69 Å². The number of nitrogens with zero attached hydrogens (tertiary/aromatic N) is 3. The summed E-state index contributed by atoms with van der Waals surface area (Å²) in [5, 5.41) is 7.77. The third kappa shape index (κ3) is 3.72. The molecule has 0 saturated carbocycles. The zero-order valence-corrected chi connectivity index (χ0v) is 14.9. The summed E-state index contributed by atoms with van der Waals surface area (Å²) >= 11 is 1.77. The summed E-state index contributed by atoms with van der Waals surface area (Å²) in [6.07, 6.45) is 2.21. The molecule has 1 aliphatic heterocycles. The normalized spacial score (nSPS) is 18.5. The van der Waals surface area contributed by atoms with Gasteiger partial charge in [-0.05, 0) is 38.4 Å². The Morgan fingerprint density at radius 3 is 3.12 bits per heavy atom. The number of nitrogens with one attached hydrogen (secondary N) is 1. The fourth-order valence-electron chi connectivity index (χ4n) is 3.28. The van der Waals surface area contributed by atoms with Crippen molar-refractivity contribution in [3.8, 4) is 0 Å². The maximum atomic E-state index is 12.2. The Kier molecular flexibility index (Phi) is 4.50. The van der Waals surface area contributed by atoms with Crippen molar-refractivity contribution in [2.75, 3.05) is 25.0 Å². The topological polar surface area (TPSA) is 71.3 Å². The molecule has 1 atom stereocenters. The number of piperidine rings is 1. The summed E-state index contributed by atoms with van der Waals surface area (Å²) in [6.45, 7) is 3.97. The number of amides is 1. The number of aromatic nitrogens is 2. The number of para-hydroxylation sites is 1. The molecular weight excluding hydrogens is 336 g/mol. The van der Waals surface area contributed by atoms with E-state index in [1.807, 2.05) is 12.1 Å². The van der Waals surface area contributed by atoms with Crippen molar-refractivity contribution in [2.45, 2.75) is 25.7 Å². The van der Waals surface area contributed by atoms with Crippen LogP contribution in [0.1, 0.15) is 29.5 Å². The molecule has 3 heterocycles. The molecule has 2 aromatic heterocycles. The highest BCUT2D eigenvalue weighted by Gasteiger charge is 2.25. The first-order valence-corrected chi connectivity index (χ1v) is 9.30. The van der Waals surface area contributed by atoms with Crippen molar-refractivity contribution in [1.82, 2.24) is 15.0 Å². The first-order chi connectivity index (χ1) is 12.2. The van der Waals surface area contributed by atoms with Crippen LogP contribution in [0.5, 0.6) is 0 Å². The van der Waals surface area contributed by atoms with E-state index in [0.29, 0.717) is 24.0 Å². The third-order valence-corrected chi connectivity index (χ3v) is 5.63. The number of rotatable bonds is 4. The molecule has 6 nitrogen and oxygen atoms in total. The molecule has 1 saturated heterocycles.